The smallest absolute Gasteiger partial charge is 0.265 e. The average molecular weight is 189 g/mol. The number of nitrogens with one attached hydrogen (secondary N) is 1. The third-order valence-electron chi connectivity index (χ3n) is 2.31. The lowest BCUT2D eigenvalue weighted by atomic mass is 10.1. The number of aromatic amines is 1. The standard InChI is InChI=1S/C10H11N3O/c1-5-2-3-7(11)9-6(5)4-8(13-9)10(12)14/h2-4,13H,11H2,1H3,(H2,12,14). The number of hydrogen-bond donors (Lipinski definition) is 3. The van der Waals surface area contributed by atoms with Crippen molar-refractivity contribution in [2.45, 2.75) is 6.92 Å². The van der Waals surface area contributed by atoms with Crippen molar-refractivity contribution in [2.24, 2.45) is 5.73 Å². The zero-order chi connectivity index (χ0) is 10.3. The summed E-state index contributed by atoms with van der Waals surface area (Å²) in [6, 6.07) is 5.44. The molecule has 2 rings (SSSR count). The monoisotopic (exact) mass is 189 g/mol. The summed E-state index contributed by atoms with van der Waals surface area (Å²) in [5.41, 5.74) is 13.8. The molecule has 14 heavy (non-hydrogen) atoms. The molecule has 5 N–H and O–H groups in total. The largest absolute Gasteiger partial charge is 0.397 e. The Labute approximate surface area is 80.9 Å². The molecule has 4 nitrogen and oxygen atoms in total. The first-order valence-electron chi connectivity index (χ1n) is 4.27. The third-order valence-corrected chi connectivity index (χ3v) is 2.31. The van der Waals surface area contributed by atoms with Crippen LogP contribution in [0.25, 0.3) is 10.9 Å². The summed E-state index contributed by atoms with van der Waals surface area (Å²) in [6.07, 6.45) is 0. The van der Waals surface area contributed by atoms with Crippen molar-refractivity contribution in [3.8, 4) is 0 Å². The maximum atomic E-state index is 10.9. The molecule has 0 atom stereocenters. The van der Waals surface area contributed by atoms with Crippen molar-refractivity contribution in [3.05, 3.63) is 29.5 Å². The van der Waals surface area contributed by atoms with E-state index in [1.807, 2.05) is 13.0 Å². The Balaban J connectivity index is 2.82. The Hall–Kier alpha value is -1.97. The summed E-state index contributed by atoms with van der Waals surface area (Å²) in [7, 11) is 0. The molecule has 2 aromatic rings. The van der Waals surface area contributed by atoms with Crippen molar-refractivity contribution >= 4 is 22.5 Å². The molecule has 0 spiro atoms. The van der Waals surface area contributed by atoms with Gasteiger partial charge >= 0.3 is 0 Å². The zero-order valence-electron chi connectivity index (χ0n) is 7.79. The van der Waals surface area contributed by atoms with Crippen LogP contribution in [-0.4, -0.2) is 10.9 Å². The topological polar surface area (TPSA) is 84.9 Å². The molecule has 1 aromatic heterocycles. The quantitative estimate of drug-likeness (QED) is 0.588. The van der Waals surface area contributed by atoms with E-state index < -0.39 is 5.91 Å². The van der Waals surface area contributed by atoms with Gasteiger partial charge in [0.25, 0.3) is 5.91 Å². The first kappa shape index (κ1) is 8.62. The molecule has 72 valence electrons. The lowest BCUT2D eigenvalue weighted by molar-refractivity contribution is 0.0996. The molecule has 4 heteroatoms. The van der Waals surface area contributed by atoms with Crippen LogP contribution in [0.5, 0.6) is 0 Å². The van der Waals surface area contributed by atoms with Crippen LogP contribution in [0.4, 0.5) is 5.69 Å². The van der Waals surface area contributed by atoms with E-state index >= 15 is 0 Å². The van der Waals surface area contributed by atoms with E-state index in [4.69, 9.17) is 11.5 Å². The predicted molar refractivity (Wildman–Crippen MR) is 56.0 cm³/mol. The van der Waals surface area contributed by atoms with Gasteiger partial charge in [-0.3, -0.25) is 4.79 Å². The highest BCUT2D eigenvalue weighted by Gasteiger charge is 2.08. The van der Waals surface area contributed by atoms with Gasteiger partial charge < -0.3 is 16.5 Å². The molecular weight excluding hydrogens is 178 g/mol. The zero-order valence-corrected chi connectivity index (χ0v) is 7.79. The number of carbonyl (C=O) groups is 1. The fourth-order valence-corrected chi connectivity index (χ4v) is 1.51. The predicted octanol–water partition coefficient (Wildman–Crippen LogP) is 1.16. The van der Waals surface area contributed by atoms with Crippen molar-refractivity contribution in [3.63, 3.8) is 0 Å². The number of nitrogens with two attached hydrogens (primary N) is 2. The minimum absolute atomic E-state index is 0.390. The number of rotatable bonds is 1. The van der Waals surface area contributed by atoms with Crippen LogP contribution in [-0.2, 0) is 0 Å². The van der Waals surface area contributed by atoms with Crippen molar-refractivity contribution < 1.29 is 4.79 Å². The maximum absolute atomic E-state index is 10.9. The SMILES string of the molecule is Cc1ccc(N)c2[nH]c(C(N)=O)cc12. The Morgan fingerprint density at radius 3 is 2.71 bits per heavy atom. The summed E-state index contributed by atoms with van der Waals surface area (Å²) in [5, 5.41) is 0.943. The number of H-pyrrole nitrogens is 1. The van der Waals surface area contributed by atoms with E-state index in [9.17, 15) is 4.79 Å². The number of primary amides is 1. The normalized spacial score (nSPS) is 10.6. The number of nitrogen functional groups attached to an aromatic ring is 1. The van der Waals surface area contributed by atoms with Gasteiger partial charge in [-0.15, -0.1) is 0 Å². The minimum atomic E-state index is -0.472. The van der Waals surface area contributed by atoms with Gasteiger partial charge in [-0.1, -0.05) is 6.07 Å². The van der Waals surface area contributed by atoms with Crippen molar-refractivity contribution in [2.75, 3.05) is 5.73 Å². The minimum Gasteiger partial charge on any atom is -0.397 e. The van der Waals surface area contributed by atoms with Gasteiger partial charge in [0.2, 0.25) is 0 Å². The van der Waals surface area contributed by atoms with Crippen LogP contribution in [0.15, 0.2) is 18.2 Å². The molecule has 0 radical (unpaired) electrons. The number of fused-ring (bicyclic) bond motifs is 1. The lowest BCUT2D eigenvalue weighted by Gasteiger charge is -1.98. The van der Waals surface area contributed by atoms with Crippen LogP contribution in [0.2, 0.25) is 0 Å². The Morgan fingerprint density at radius 2 is 2.14 bits per heavy atom. The van der Waals surface area contributed by atoms with E-state index in [1.165, 1.54) is 0 Å². The molecule has 0 unspecified atom stereocenters. The molecule has 0 bridgehead atoms. The number of amides is 1. The summed E-state index contributed by atoms with van der Waals surface area (Å²) in [5.74, 6) is -0.472. The summed E-state index contributed by atoms with van der Waals surface area (Å²) in [6.45, 7) is 1.96. The second-order valence-electron chi connectivity index (χ2n) is 3.31. The van der Waals surface area contributed by atoms with Gasteiger partial charge in [0, 0.05) is 5.39 Å². The first-order valence-corrected chi connectivity index (χ1v) is 4.27. The van der Waals surface area contributed by atoms with Crippen molar-refractivity contribution in [1.29, 1.82) is 0 Å². The maximum Gasteiger partial charge on any atom is 0.265 e. The summed E-state index contributed by atoms with van der Waals surface area (Å²) < 4.78 is 0. The van der Waals surface area contributed by atoms with Crippen LogP contribution in [0.1, 0.15) is 16.1 Å². The van der Waals surface area contributed by atoms with Crippen LogP contribution < -0.4 is 11.5 Å². The number of anilines is 1. The third kappa shape index (κ3) is 1.12. The second kappa shape index (κ2) is 2.77. The number of hydrogen-bond acceptors (Lipinski definition) is 2. The van der Waals surface area contributed by atoms with E-state index in [2.05, 4.69) is 4.98 Å². The van der Waals surface area contributed by atoms with Gasteiger partial charge in [-0.2, -0.15) is 0 Å². The van der Waals surface area contributed by atoms with Gasteiger partial charge in [-0.25, -0.2) is 0 Å². The van der Waals surface area contributed by atoms with Crippen LogP contribution >= 0.6 is 0 Å². The molecule has 1 aromatic carbocycles. The molecule has 0 aliphatic carbocycles. The number of aryl methyl sites for hydroxylation is 1. The fourth-order valence-electron chi connectivity index (χ4n) is 1.51. The first-order chi connectivity index (χ1) is 6.59. The number of benzene rings is 1. The number of carbonyl (C=O) groups excluding carboxylic acids is 1. The molecule has 0 fully saturated rings. The Morgan fingerprint density at radius 1 is 1.43 bits per heavy atom. The summed E-state index contributed by atoms with van der Waals surface area (Å²) in [4.78, 5) is 13.8. The highest BCUT2D eigenvalue weighted by atomic mass is 16.1. The van der Waals surface area contributed by atoms with Gasteiger partial charge in [0.05, 0.1) is 11.2 Å². The van der Waals surface area contributed by atoms with Gasteiger partial charge in [0.15, 0.2) is 0 Å². The average Bonchev–Trinajstić information content (AvgIpc) is 2.57. The van der Waals surface area contributed by atoms with Crippen LogP contribution in [0.3, 0.4) is 0 Å². The molecule has 0 saturated heterocycles. The molecule has 0 aliphatic rings. The fraction of sp³-hybridized carbons (Fsp3) is 0.100. The van der Waals surface area contributed by atoms with E-state index in [0.717, 1.165) is 16.5 Å². The van der Waals surface area contributed by atoms with Crippen molar-refractivity contribution in [1.82, 2.24) is 4.98 Å². The van der Waals surface area contributed by atoms with E-state index in [0.29, 0.717) is 11.4 Å². The highest BCUT2D eigenvalue weighted by Crippen LogP contribution is 2.24. The lowest BCUT2D eigenvalue weighted by Crippen LogP contribution is -2.10. The molecular formula is C10H11N3O. The molecule has 1 amide bonds. The van der Waals surface area contributed by atoms with Gasteiger partial charge in [-0.05, 0) is 24.6 Å². The Kier molecular flexibility index (Phi) is 1.70. The van der Waals surface area contributed by atoms with E-state index in [-0.39, 0.29) is 0 Å². The molecule has 0 saturated carbocycles. The molecule has 1 heterocycles. The number of aromatic nitrogens is 1. The Bertz CT molecular complexity index is 474. The van der Waals surface area contributed by atoms with Crippen LogP contribution in [0, 0.1) is 6.92 Å². The molecule has 0 aliphatic heterocycles. The van der Waals surface area contributed by atoms with E-state index in [1.54, 1.807) is 12.1 Å². The second-order valence-corrected chi connectivity index (χ2v) is 3.31. The summed E-state index contributed by atoms with van der Waals surface area (Å²) >= 11 is 0. The van der Waals surface area contributed by atoms with Gasteiger partial charge in [0.1, 0.15) is 5.69 Å². The highest BCUT2D eigenvalue weighted by molar-refractivity contribution is 6.01.